The molecule has 0 heterocycles. The summed E-state index contributed by atoms with van der Waals surface area (Å²) >= 11 is 0. The van der Waals surface area contributed by atoms with Crippen LogP contribution < -0.4 is 5.32 Å². The van der Waals surface area contributed by atoms with Crippen molar-refractivity contribution in [2.24, 2.45) is 0 Å². The number of aliphatic hydroxyl groups is 2. The Bertz CT molecular complexity index is 1090. The molecule has 0 aromatic carbocycles. The number of amides is 1. The number of aliphatic hydroxyl groups excluding tert-OH is 2. The second kappa shape index (κ2) is 56.7. The predicted octanol–water partition coefficient (Wildman–Crippen LogP) is 18.4. The van der Waals surface area contributed by atoms with Crippen LogP contribution in [-0.4, -0.2) is 47.4 Å². The fraction of sp³-hybridized carbons (Fsp3) is 0.869. The van der Waals surface area contributed by atoms with Gasteiger partial charge in [-0.25, -0.2) is 0 Å². The van der Waals surface area contributed by atoms with E-state index >= 15 is 0 Å². The van der Waals surface area contributed by atoms with Crippen LogP contribution >= 0.6 is 0 Å². The molecule has 0 radical (unpaired) electrons. The molecule has 0 saturated heterocycles. The fourth-order valence-electron chi connectivity index (χ4n) is 9.08. The highest BCUT2D eigenvalue weighted by molar-refractivity contribution is 5.76. The lowest BCUT2D eigenvalue weighted by Gasteiger charge is -2.20. The third-order valence-electron chi connectivity index (χ3n) is 13.6. The van der Waals surface area contributed by atoms with Crippen LogP contribution in [0.1, 0.15) is 316 Å². The molecule has 2 atom stereocenters. The molecule has 394 valence electrons. The zero-order chi connectivity index (χ0) is 48.6. The molecule has 0 aliphatic heterocycles. The van der Waals surface area contributed by atoms with Gasteiger partial charge in [-0.3, -0.25) is 9.59 Å². The van der Waals surface area contributed by atoms with E-state index in [1.165, 1.54) is 238 Å². The minimum absolute atomic E-state index is 0.00411. The number of hydrogen-bond acceptors (Lipinski definition) is 5. The van der Waals surface area contributed by atoms with Crippen LogP contribution in [0.4, 0.5) is 0 Å². The summed E-state index contributed by atoms with van der Waals surface area (Å²) in [5.41, 5.74) is 0. The fourth-order valence-corrected chi connectivity index (χ4v) is 9.08. The van der Waals surface area contributed by atoms with E-state index in [0.29, 0.717) is 19.4 Å². The molecule has 6 nitrogen and oxygen atoms in total. The van der Waals surface area contributed by atoms with Crippen molar-refractivity contribution in [3.05, 3.63) is 36.5 Å². The molecular formula is C61H115NO5. The number of carbonyl (C=O) groups is 2. The van der Waals surface area contributed by atoms with Gasteiger partial charge in [0.2, 0.25) is 5.91 Å². The lowest BCUT2D eigenvalue weighted by atomic mass is 10.0. The maximum Gasteiger partial charge on any atom is 0.305 e. The Morgan fingerprint density at radius 3 is 1.19 bits per heavy atom. The molecule has 0 bridgehead atoms. The zero-order valence-electron chi connectivity index (χ0n) is 44.9. The molecule has 0 aliphatic carbocycles. The van der Waals surface area contributed by atoms with Crippen LogP contribution in [0.25, 0.3) is 0 Å². The lowest BCUT2D eigenvalue weighted by molar-refractivity contribution is -0.143. The van der Waals surface area contributed by atoms with E-state index in [9.17, 15) is 19.8 Å². The number of nitrogens with one attached hydrogen (secondary N) is 1. The van der Waals surface area contributed by atoms with Gasteiger partial charge in [0.05, 0.1) is 25.4 Å². The average Bonchev–Trinajstić information content (AvgIpc) is 3.33. The van der Waals surface area contributed by atoms with Gasteiger partial charge in [-0.2, -0.15) is 0 Å². The quantitative estimate of drug-likeness (QED) is 0.0321. The van der Waals surface area contributed by atoms with Crippen LogP contribution in [0.15, 0.2) is 36.5 Å². The Kier molecular flexibility index (Phi) is 55.0. The van der Waals surface area contributed by atoms with Gasteiger partial charge in [0, 0.05) is 12.8 Å². The number of carbonyl (C=O) groups excluding carboxylic acids is 2. The molecule has 67 heavy (non-hydrogen) atoms. The molecule has 0 aromatic rings. The normalized spacial score (nSPS) is 12.8. The Labute approximate surface area is 417 Å². The average molecular weight is 943 g/mol. The van der Waals surface area contributed by atoms with Crippen LogP contribution in [0.5, 0.6) is 0 Å². The van der Waals surface area contributed by atoms with E-state index in [4.69, 9.17) is 4.74 Å². The smallest absolute Gasteiger partial charge is 0.305 e. The van der Waals surface area contributed by atoms with Crippen molar-refractivity contribution in [3.63, 3.8) is 0 Å². The van der Waals surface area contributed by atoms with E-state index in [2.05, 4.69) is 43.5 Å². The van der Waals surface area contributed by atoms with Crippen molar-refractivity contribution in [1.82, 2.24) is 5.32 Å². The van der Waals surface area contributed by atoms with Gasteiger partial charge < -0.3 is 20.3 Å². The van der Waals surface area contributed by atoms with E-state index in [1.807, 2.05) is 6.08 Å². The first kappa shape index (κ1) is 65.1. The summed E-state index contributed by atoms with van der Waals surface area (Å²) in [5.74, 6) is -0.0721. The van der Waals surface area contributed by atoms with Crippen molar-refractivity contribution in [1.29, 1.82) is 0 Å². The Morgan fingerprint density at radius 2 is 0.776 bits per heavy atom. The molecule has 1 amide bonds. The topological polar surface area (TPSA) is 95.9 Å². The first-order chi connectivity index (χ1) is 33.0. The molecule has 0 aliphatic rings. The lowest BCUT2D eigenvalue weighted by Crippen LogP contribution is -2.45. The highest BCUT2D eigenvalue weighted by Crippen LogP contribution is 2.17. The monoisotopic (exact) mass is 942 g/mol. The van der Waals surface area contributed by atoms with Crippen LogP contribution in [0.2, 0.25) is 0 Å². The van der Waals surface area contributed by atoms with Crippen LogP contribution in [0.3, 0.4) is 0 Å². The van der Waals surface area contributed by atoms with Crippen LogP contribution in [0, 0.1) is 0 Å². The standard InChI is InChI=1S/C61H115NO5/c1-3-5-7-9-11-13-15-17-18-26-30-33-37-41-45-49-53-59(64)58(57-63)62-60(65)54-50-46-42-38-34-31-27-24-22-20-19-21-23-25-28-32-36-40-44-48-52-56-67-61(66)55-51-47-43-39-35-29-16-14-12-10-8-6-4-2/h8,10,14,16,49,53,58-59,63-64H,3-7,9,11-13,15,17-48,50-52,54-57H2,1-2H3,(H,62,65)/b10-8-,16-14-,53-49+. The van der Waals surface area contributed by atoms with E-state index in [1.54, 1.807) is 6.08 Å². The summed E-state index contributed by atoms with van der Waals surface area (Å²) in [6.07, 6.45) is 70.3. The molecule has 6 heteroatoms. The van der Waals surface area contributed by atoms with E-state index in [-0.39, 0.29) is 18.5 Å². The number of allylic oxidation sites excluding steroid dienone is 5. The number of esters is 1. The van der Waals surface area contributed by atoms with Gasteiger partial charge >= 0.3 is 5.97 Å². The van der Waals surface area contributed by atoms with Crippen molar-refractivity contribution in [3.8, 4) is 0 Å². The molecular weight excluding hydrogens is 827 g/mol. The molecule has 0 rings (SSSR count). The summed E-state index contributed by atoms with van der Waals surface area (Å²) < 4.78 is 5.46. The molecule has 0 saturated carbocycles. The minimum atomic E-state index is -0.845. The zero-order valence-corrected chi connectivity index (χ0v) is 44.9. The van der Waals surface area contributed by atoms with Crippen LogP contribution in [-0.2, 0) is 14.3 Å². The van der Waals surface area contributed by atoms with Crippen molar-refractivity contribution in [2.45, 2.75) is 328 Å². The van der Waals surface area contributed by atoms with Crippen molar-refractivity contribution < 1.29 is 24.5 Å². The first-order valence-corrected chi connectivity index (χ1v) is 29.8. The summed E-state index contributed by atoms with van der Waals surface area (Å²) in [7, 11) is 0. The first-order valence-electron chi connectivity index (χ1n) is 29.8. The molecule has 0 fully saturated rings. The molecule has 0 aromatic heterocycles. The maximum atomic E-state index is 12.5. The molecule has 2 unspecified atom stereocenters. The summed E-state index contributed by atoms with van der Waals surface area (Å²) in [5, 5.41) is 23.1. The number of rotatable bonds is 55. The summed E-state index contributed by atoms with van der Waals surface area (Å²) in [6.45, 7) is 4.84. The largest absolute Gasteiger partial charge is 0.466 e. The second-order valence-electron chi connectivity index (χ2n) is 20.3. The highest BCUT2D eigenvalue weighted by atomic mass is 16.5. The number of ether oxygens (including phenoxy) is 1. The Hall–Kier alpha value is -1.92. The highest BCUT2D eigenvalue weighted by Gasteiger charge is 2.18. The predicted molar refractivity (Wildman–Crippen MR) is 292 cm³/mol. The second-order valence-corrected chi connectivity index (χ2v) is 20.3. The van der Waals surface area contributed by atoms with Gasteiger partial charge in [-0.15, -0.1) is 0 Å². The number of hydrogen-bond donors (Lipinski definition) is 3. The molecule has 0 spiro atoms. The van der Waals surface area contributed by atoms with Gasteiger partial charge in [0.1, 0.15) is 0 Å². The SMILES string of the molecule is CCC/C=C\C/C=C\CCCCCCCC(=O)OCCCCCCCCCCCCCCCCCCCCCCCC(=O)NC(CO)C(O)/C=C/CCCCCCCCCCCCCCCC. The molecule has 3 N–H and O–H groups in total. The van der Waals surface area contributed by atoms with Gasteiger partial charge in [-0.1, -0.05) is 281 Å². The third kappa shape index (κ3) is 53.3. The van der Waals surface area contributed by atoms with Crippen molar-refractivity contribution in [2.75, 3.05) is 13.2 Å². The summed E-state index contributed by atoms with van der Waals surface area (Å²) in [6, 6.07) is -0.629. The Balaban J connectivity index is 3.42. The van der Waals surface area contributed by atoms with E-state index in [0.717, 1.165) is 51.4 Å². The van der Waals surface area contributed by atoms with Crippen molar-refractivity contribution >= 4 is 11.9 Å². The van der Waals surface area contributed by atoms with Gasteiger partial charge in [0.15, 0.2) is 0 Å². The van der Waals surface area contributed by atoms with Gasteiger partial charge in [0.25, 0.3) is 0 Å². The third-order valence-corrected chi connectivity index (χ3v) is 13.6. The maximum absolute atomic E-state index is 12.5. The van der Waals surface area contributed by atoms with E-state index < -0.39 is 12.1 Å². The summed E-state index contributed by atoms with van der Waals surface area (Å²) in [4.78, 5) is 24.5. The van der Waals surface area contributed by atoms with Gasteiger partial charge in [-0.05, 0) is 57.8 Å². The number of unbranched alkanes of at least 4 members (excludes halogenated alkanes) is 40. The minimum Gasteiger partial charge on any atom is -0.466 e. The Morgan fingerprint density at radius 1 is 0.418 bits per heavy atom.